The molecule has 2 aromatic carbocycles. The quantitative estimate of drug-likeness (QED) is 0.797. The molecule has 0 saturated carbocycles. The lowest BCUT2D eigenvalue weighted by molar-refractivity contribution is 0.0743. The molecule has 0 bridgehead atoms. The smallest absolute Gasteiger partial charge is 0.254 e. The topological polar surface area (TPSA) is 44.1 Å². The third-order valence-corrected chi connectivity index (χ3v) is 3.80. The van der Waals surface area contributed by atoms with Crippen molar-refractivity contribution in [2.45, 2.75) is 19.9 Å². The van der Waals surface area contributed by atoms with Crippen LogP contribution in [0.1, 0.15) is 34.8 Å². The predicted octanol–water partition coefficient (Wildman–Crippen LogP) is 4.37. The fourth-order valence-corrected chi connectivity index (χ4v) is 2.63. The normalized spacial score (nSPS) is 10.0. The van der Waals surface area contributed by atoms with Gasteiger partial charge in [0.15, 0.2) is 0 Å². The summed E-state index contributed by atoms with van der Waals surface area (Å²) in [6.07, 6.45) is 0.899. The van der Waals surface area contributed by atoms with Crippen LogP contribution in [0.4, 0.5) is 0 Å². The number of rotatable bonds is 5. The largest absolute Gasteiger partial charge is 0.334 e. The summed E-state index contributed by atoms with van der Waals surface area (Å²) in [4.78, 5) is 14.5. The average molecular weight is 357 g/mol. The summed E-state index contributed by atoms with van der Waals surface area (Å²) in [5, 5.41) is 8.84. The van der Waals surface area contributed by atoms with Crippen LogP contribution in [0.2, 0.25) is 0 Å². The molecule has 0 aromatic heterocycles. The van der Waals surface area contributed by atoms with Crippen molar-refractivity contribution in [3.8, 4) is 6.07 Å². The van der Waals surface area contributed by atoms with Gasteiger partial charge in [-0.1, -0.05) is 41.1 Å². The van der Waals surface area contributed by atoms with E-state index in [0.717, 1.165) is 16.5 Å². The molecular weight excluding hydrogens is 340 g/mol. The zero-order chi connectivity index (χ0) is 15.9. The number of nitriles is 1. The Balaban J connectivity index is 2.18. The van der Waals surface area contributed by atoms with Crippen molar-refractivity contribution in [2.75, 3.05) is 6.54 Å². The predicted molar refractivity (Wildman–Crippen MR) is 90.3 cm³/mol. The molecule has 0 aliphatic carbocycles. The van der Waals surface area contributed by atoms with Crippen LogP contribution in [0.3, 0.4) is 0 Å². The highest BCUT2D eigenvalue weighted by atomic mass is 79.9. The number of hydrogen-bond donors (Lipinski definition) is 0. The second kappa shape index (κ2) is 7.77. The van der Waals surface area contributed by atoms with Gasteiger partial charge in [0.05, 0.1) is 11.6 Å². The highest BCUT2D eigenvalue weighted by Gasteiger charge is 2.15. The van der Waals surface area contributed by atoms with Crippen molar-refractivity contribution in [2.24, 2.45) is 0 Å². The van der Waals surface area contributed by atoms with E-state index in [4.69, 9.17) is 5.26 Å². The average Bonchev–Trinajstić information content (AvgIpc) is 2.54. The van der Waals surface area contributed by atoms with E-state index >= 15 is 0 Å². The van der Waals surface area contributed by atoms with Gasteiger partial charge < -0.3 is 4.90 Å². The summed E-state index contributed by atoms with van der Waals surface area (Å²) >= 11 is 3.40. The van der Waals surface area contributed by atoms with Gasteiger partial charge in [-0.15, -0.1) is 0 Å². The molecule has 0 saturated heterocycles. The van der Waals surface area contributed by atoms with Gasteiger partial charge in [0.2, 0.25) is 0 Å². The summed E-state index contributed by atoms with van der Waals surface area (Å²) in [5.74, 6) is 0.0208. The Morgan fingerprint density at radius 3 is 2.55 bits per heavy atom. The second-order valence-corrected chi connectivity index (χ2v) is 5.96. The van der Waals surface area contributed by atoms with Gasteiger partial charge in [-0.05, 0) is 42.3 Å². The summed E-state index contributed by atoms with van der Waals surface area (Å²) < 4.78 is 0.896. The third kappa shape index (κ3) is 4.19. The van der Waals surface area contributed by atoms with E-state index in [0.29, 0.717) is 24.2 Å². The molecule has 0 spiro atoms. The molecule has 22 heavy (non-hydrogen) atoms. The minimum atomic E-state index is 0.0208. The SMILES string of the molecule is CCCN(Cc1ccc(C#N)cc1)C(=O)c1cccc(Br)c1. The van der Waals surface area contributed by atoms with E-state index in [1.54, 1.807) is 12.1 Å². The van der Waals surface area contributed by atoms with E-state index in [1.807, 2.05) is 41.3 Å². The van der Waals surface area contributed by atoms with Crippen LogP contribution in [0, 0.1) is 11.3 Å². The number of carbonyl (C=O) groups is 1. The van der Waals surface area contributed by atoms with Gasteiger partial charge in [0.1, 0.15) is 0 Å². The molecule has 0 atom stereocenters. The minimum Gasteiger partial charge on any atom is -0.334 e. The Morgan fingerprint density at radius 2 is 1.95 bits per heavy atom. The lowest BCUT2D eigenvalue weighted by Crippen LogP contribution is -2.31. The van der Waals surface area contributed by atoms with Crippen LogP contribution in [0.25, 0.3) is 0 Å². The molecule has 2 rings (SSSR count). The Morgan fingerprint density at radius 1 is 1.23 bits per heavy atom. The van der Waals surface area contributed by atoms with E-state index < -0.39 is 0 Å². The number of amides is 1. The maximum absolute atomic E-state index is 12.7. The highest BCUT2D eigenvalue weighted by Crippen LogP contribution is 2.16. The second-order valence-electron chi connectivity index (χ2n) is 5.05. The van der Waals surface area contributed by atoms with Crippen molar-refractivity contribution in [1.29, 1.82) is 5.26 Å². The third-order valence-electron chi connectivity index (χ3n) is 3.31. The molecule has 4 heteroatoms. The maximum Gasteiger partial charge on any atom is 0.254 e. The van der Waals surface area contributed by atoms with Crippen molar-refractivity contribution >= 4 is 21.8 Å². The van der Waals surface area contributed by atoms with Crippen molar-refractivity contribution in [3.05, 3.63) is 69.7 Å². The Hall–Kier alpha value is -2.12. The first-order chi connectivity index (χ1) is 10.6. The van der Waals surface area contributed by atoms with E-state index in [1.165, 1.54) is 0 Å². The standard InChI is InChI=1S/C18H17BrN2O/c1-2-10-21(13-15-8-6-14(12-20)7-9-15)18(22)16-4-3-5-17(19)11-16/h3-9,11H,2,10,13H2,1H3. The molecule has 112 valence electrons. The van der Waals surface area contributed by atoms with Gasteiger partial charge >= 0.3 is 0 Å². The number of carbonyl (C=O) groups excluding carboxylic acids is 1. The summed E-state index contributed by atoms with van der Waals surface area (Å²) in [6, 6.07) is 16.9. The molecule has 0 unspecified atom stereocenters. The van der Waals surface area contributed by atoms with Crippen LogP contribution >= 0.6 is 15.9 Å². The highest BCUT2D eigenvalue weighted by molar-refractivity contribution is 9.10. The fourth-order valence-electron chi connectivity index (χ4n) is 2.23. The van der Waals surface area contributed by atoms with Gasteiger partial charge in [0, 0.05) is 23.1 Å². The lowest BCUT2D eigenvalue weighted by Gasteiger charge is -2.22. The van der Waals surface area contributed by atoms with Crippen LogP contribution in [0.5, 0.6) is 0 Å². The summed E-state index contributed by atoms with van der Waals surface area (Å²) in [5.41, 5.74) is 2.33. The maximum atomic E-state index is 12.7. The molecule has 0 heterocycles. The zero-order valence-electron chi connectivity index (χ0n) is 12.4. The van der Waals surface area contributed by atoms with Crippen molar-refractivity contribution < 1.29 is 4.79 Å². The summed E-state index contributed by atoms with van der Waals surface area (Å²) in [7, 11) is 0. The number of halogens is 1. The first-order valence-electron chi connectivity index (χ1n) is 7.18. The van der Waals surface area contributed by atoms with E-state index in [2.05, 4.69) is 28.9 Å². The molecule has 0 aliphatic rings. The van der Waals surface area contributed by atoms with Crippen LogP contribution < -0.4 is 0 Å². The van der Waals surface area contributed by atoms with Gasteiger partial charge in [-0.3, -0.25) is 4.79 Å². The van der Waals surface area contributed by atoms with Crippen molar-refractivity contribution in [1.82, 2.24) is 4.90 Å². The molecule has 0 radical (unpaired) electrons. The Kier molecular flexibility index (Phi) is 5.74. The summed E-state index contributed by atoms with van der Waals surface area (Å²) in [6.45, 7) is 3.30. The van der Waals surface area contributed by atoms with Crippen LogP contribution in [0.15, 0.2) is 53.0 Å². The molecule has 1 amide bonds. The van der Waals surface area contributed by atoms with Gasteiger partial charge in [0.25, 0.3) is 5.91 Å². The number of nitrogens with zero attached hydrogens (tertiary/aromatic N) is 2. The molecule has 3 nitrogen and oxygen atoms in total. The lowest BCUT2D eigenvalue weighted by atomic mass is 10.1. The van der Waals surface area contributed by atoms with E-state index in [9.17, 15) is 4.79 Å². The minimum absolute atomic E-state index is 0.0208. The van der Waals surface area contributed by atoms with E-state index in [-0.39, 0.29) is 5.91 Å². The first kappa shape index (κ1) is 16.3. The van der Waals surface area contributed by atoms with Gasteiger partial charge in [-0.2, -0.15) is 5.26 Å². The zero-order valence-corrected chi connectivity index (χ0v) is 14.0. The van der Waals surface area contributed by atoms with Gasteiger partial charge in [-0.25, -0.2) is 0 Å². The Bertz CT molecular complexity index is 689. The van der Waals surface area contributed by atoms with Crippen molar-refractivity contribution in [3.63, 3.8) is 0 Å². The molecule has 0 N–H and O–H groups in total. The number of benzene rings is 2. The first-order valence-corrected chi connectivity index (χ1v) is 7.97. The molecule has 2 aromatic rings. The fraction of sp³-hybridized carbons (Fsp3) is 0.222. The number of hydrogen-bond acceptors (Lipinski definition) is 2. The van der Waals surface area contributed by atoms with Crippen LogP contribution in [-0.2, 0) is 6.54 Å². The molecule has 0 fully saturated rings. The monoisotopic (exact) mass is 356 g/mol. The molecule has 0 aliphatic heterocycles. The molecular formula is C18H17BrN2O. The Labute approximate surface area is 139 Å². The van der Waals surface area contributed by atoms with Crippen LogP contribution in [-0.4, -0.2) is 17.4 Å².